The Morgan fingerprint density at radius 2 is 1.76 bits per heavy atom. The first-order valence-corrected chi connectivity index (χ1v) is 13.5. The molecular weight excluding hydrogens is 512 g/mol. The van der Waals surface area contributed by atoms with Gasteiger partial charge in [-0.15, -0.1) is 0 Å². The van der Waals surface area contributed by atoms with Crippen molar-refractivity contribution in [3.63, 3.8) is 0 Å². The van der Waals surface area contributed by atoms with Crippen LogP contribution >= 0.6 is 11.6 Å². The van der Waals surface area contributed by atoms with E-state index in [1.54, 1.807) is 43.5 Å². The summed E-state index contributed by atoms with van der Waals surface area (Å²) in [5, 5.41) is 7.64. The van der Waals surface area contributed by atoms with Crippen LogP contribution in [0.1, 0.15) is 11.1 Å². The first-order valence-electron chi connectivity index (χ1n) is 11.6. The fourth-order valence-corrected chi connectivity index (χ4v) is 4.97. The fraction of sp³-hybridized carbons (Fsp3) is 0.185. The normalized spacial score (nSPS) is 11.2. The number of aromatic nitrogens is 1. The smallest absolute Gasteiger partial charge is 0.261 e. The molecule has 0 aliphatic carbocycles. The number of amides is 1. The van der Waals surface area contributed by atoms with Crippen molar-refractivity contribution in [2.24, 2.45) is 0 Å². The van der Waals surface area contributed by atoms with E-state index in [2.05, 4.69) is 20.3 Å². The Balaban J connectivity index is 1.26. The Kier molecular flexibility index (Phi) is 8.15. The largest absolute Gasteiger partial charge is 0.484 e. The van der Waals surface area contributed by atoms with E-state index in [0.717, 1.165) is 22.2 Å². The average Bonchev–Trinajstić information content (AvgIpc) is 2.87. The molecule has 192 valence electrons. The van der Waals surface area contributed by atoms with Crippen LogP contribution in [0.4, 0.5) is 11.4 Å². The maximum Gasteiger partial charge on any atom is 0.261 e. The molecule has 0 aliphatic heterocycles. The zero-order valence-electron chi connectivity index (χ0n) is 20.4. The highest BCUT2D eigenvalue weighted by Gasteiger charge is 2.16. The fourth-order valence-electron chi connectivity index (χ4n) is 3.66. The molecule has 0 bridgehead atoms. The molecule has 1 aromatic heterocycles. The number of hydrogen-bond acceptors (Lipinski definition) is 6. The predicted octanol–water partition coefficient (Wildman–Crippen LogP) is 4.91. The van der Waals surface area contributed by atoms with Crippen molar-refractivity contribution >= 4 is 49.8 Å². The van der Waals surface area contributed by atoms with Crippen molar-refractivity contribution in [1.82, 2.24) is 10.3 Å². The summed E-state index contributed by atoms with van der Waals surface area (Å²) in [4.78, 5) is 16.7. The maximum absolute atomic E-state index is 12.7. The zero-order valence-corrected chi connectivity index (χ0v) is 22.0. The molecule has 0 unspecified atom stereocenters. The lowest BCUT2D eigenvalue weighted by atomic mass is 10.2. The minimum atomic E-state index is -3.75. The second kappa shape index (κ2) is 11.5. The molecule has 10 heteroatoms. The van der Waals surface area contributed by atoms with Gasteiger partial charge in [0.15, 0.2) is 6.61 Å². The van der Waals surface area contributed by atoms with Crippen LogP contribution in [0.2, 0.25) is 5.02 Å². The van der Waals surface area contributed by atoms with E-state index in [-0.39, 0.29) is 17.4 Å². The number of anilines is 2. The molecule has 0 spiro atoms. The van der Waals surface area contributed by atoms with Crippen molar-refractivity contribution in [3.8, 4) is 5.75 Å². The summed E-state index contributed by atoms with van der Waals surface area (Å²) < 4.78 is 33.6. The molecule has 0 saturated carbocycles. The first-order chi connectivity index (χ1) is 17.7. The van der Waals surface area contributed by atoms with Gasteiger partial charge in [0.1, 0.15) is 5.75 Å². The van der Waals surface area contributed by atoms with Gasteiger partial charge in [-0.2, -0.15) is 0 Å². The van der Waals surface area contributed by atoms with Gasteiger partial charge in [0.25, 0.3) is 15.9 Å². The number of nitrogens with one attached hydrogen (secondary N) is 3. The summed E-state index contributed by atoms with van der Waals surface area (Å²) >= 11 is 6.03. The van der Waals surface area contributed by atoms with Gasteiger partial charge in [-0.25, -0.2) is 8.42 Å². The third-order valence-electron chi connectivity index (χ3n) is 5.59. The number of halogens is 1. The quantitative estimate of drug-likeness (QED) is 0.247. The molecule has 4 aromatic rings. The van der Waals surface area contributed by atoms with Crippen LogP contribution in [-0.4, -0.2) is 39.0 Å². The average molecular weight is 539 g/mol. The van der Waals surface area contributed by atoms with Gasteiger partial charge in [0.05, 0.1) is 10.4 Å². The summed E-state index contributed by atoms with van der Waals surface area (Å²) in [5.41, 5.74) is 3.81. The van der Waals surface area contributed by atoms with E-state index in [0.29, 0.717) is 35.1 Å². The number of benzene rings is 3. The van der Waals surface area contributed by atoms with Crippen molar-refractivity contribution in [3.05, 3.63) is 89.1 Å². The van der Waals surface area contributed by atoms with E-state index in [1.807, 2.05) is 31.2 Å². The Morgan fingerprint density at radius 3 is 2.51 bits per heavy atom. The van der Waals surface area contributed by atoms with Crippen LogP contribution in [0.25, 0.3) is 10.9 Å². The lowest BCUT2D eigenvalue weighted by molar-refractivity contribution is -0.123. The number of pyridine rings is 1. The minimum Gasteiger partial charge on any atom is -0.484 e. The van der Waals surface area contributed by atoms with Crippen molar-refractivity contribution in [1.29, 1.82) is 0 Å². The molecule has 3 aromatic carbocycles. The molecule has 3 N–H and O–H groups in total. The van der Waals surface area contributed by atoms with Crippen LogP contribution < -0.4 is 20.1 Å². The predicted molar refractivity (Wildman–Crippen MR) is 147 cm³/mol. The van der Waals surface area contributed by atoms with Crippen molar-refractivity contribution in [2.75, 3.05) is 29.7 Å². The molecule has 4 rings (SSSR count). The number of carbonyl (C=O) groups is 1. The Hall–Kier alpha value is -3.82. The lowest BCUT2D eigenvalue weighted by Gasteiger charge is -2.13. The first kappa shape index (κ1) is 26.2. The van der Waals surface area contributed by atoms with Gasteiger partial charge in [0.2, 0.25) is 0 Å². The molecule has 8 nitrogen and oxygen atoms in total. The number of sulfonamides is 1. The molecular formula is C27H27ClN4O4S. The zero-order chi connectivity index (χ0) is 26.4. The molecule has 0 aliphatic rings. The third-order valence-corrected chi connectivity index (χ3v) is 7.20. The second-order valence-corrected chi connectivity index (χ2v) is 10.6. The van der Waals surface area contributed by atoms with E-state index in [1.165, 1.54) is 12.1 Å². The van der Waals surface area contributed by atoms with E-state index in [4.69, 9.17) is 16.3 Å². The molecule has 0 fully saturated rings. The Morgan fingerprint density at radius 1 is 0.973 bits per heavy atom. The van der Waals surface area contributed by atoms with Gasteiger partial charge in [0, 0.05) is 41.1 Å². The maximum atomic E-state index is 12.7. The van der Waals surface area contributed by atoms with Crippen LogP contribution in [0, 0.1) is 13.8 Å². The van der Waals surface area contributed by atoms with Crippen LogP contribution in [0.15, 0.2) is 77.8 Å². The van der Waals surface area contributed by atoms with Gasteiger partial charge in [-0.3, -0.25) is 14.5 Å². The summed E-state index contributed by atoms with van der Waals surface area (Å²) in [6.45, 7) is 4.37. The molecule has 37 heavy (non-hydrogen) atoms. The van der Waals surface area contributed by atoms with Crippen LogP contribution in [0.3, 0.4) is 0 Å². The number of carbonyl (C=O) groups excluding carboxylic acids is 1. The molecule has 1 amide bonds. The van der Waals surface area contributed by atoms with Crippen molar-refractivity contribution in [2.45, 2.75) is 18.7 Å². The number of rotatable bonds is 10. The summed E-state index contributed by atoms with van der Waals surface area (Å²) in [5.74, 6) is 0.148. The summed E-state index contributed by atoms with van der Waals surface area (Å²) in [7, 11) is -3.75. The topological polar surface area (TPSA) is 109 Å². The van der Waals surface area contributed by atoms with Crippen LogP contribution in [-0.2, 0) is 14.8 Å². The highest BCUT2D eigenvalue weighted by Crippen LogP contribution is 2.25. The molecule has 1 heterocycles. The third kappa shape index (κ3) is 6.90. The highest BCUT2D eigenvalue weighted by atomic mass is 35.5. The molecule has 0 atom stereocenters. The SMILES string of the molecule is Cc1ccc(NS(=O)(=O)c2ccc(OCC(=O)NCCNc3ccnc4cc(Cl)ccc34)c(C)c2)cc1. The lowest BCUT2D eigenvalue weighted by Crippen LogP contribution is -2.32. The van der Waals surface area contributed by atoms with Gasteiger partial charge in [-0.1, -0.05) is 29.3 Å². The molecule has 0 radical (unpaired) electrons. The monoisotopic (exact) mass is 538 g/mol. The Labute approximate surface area is 221 Å². The van der Waals surface area contributed by atoms with Gasteiger partial charge >= 0.3 is 0 Å². The minimum absolute atomic E-state index is 0.111. The van der Waals surface area contributed by atoms with Gasteiger partial charge in [-0.05, 0) is 74.0 Å². The number of hydrogen-bond donors (Lipinski definition) is 3. The second-order valence-electron chi connectivity index (χ2n) is 8.48. The summed E-state index contributed by atoms with van der Waals surface area (Å²) in [6.07, 6.45) is 1.70. The standard InChI is InChI=1S/C27H27ClN4O4S/c1-18-3-6-21(7-4-18)32-37(34,35)22-8-10-26(19(2)15-22)36-17-27(33)31-14-13-30-24-11-12-29-25-16-20(28)5-9-23(24)25/h3-12,15-16,32H,13-14,17H2,1-2H3,(H,29,30)(H,31,33). The number of fused-ring (bicyclic) bond motifs is 1. The summed E-state index contributed by atoms with van der Waals surface area (Å²) in [6, 6.07) is 19.0. The van der Waals surface area contributed by atoms with Crippen LogP contribution in [0.5, 0.6) is 5.75 Å². The van der Waals surface area contributed by atoms with Crippen molar-refractivity contribution < 1.29 is 17.9 Å². The number of nitrogens with zero attached hydrogens (tertiary/aromatic N) is 1. The van der Waals surface area contributed by atoms with Gasteiger partial charge < -0.3 is 15.4 Å². The van der Waals surface area contributed by atoms with E-state index < -0.39 is 10.0 Å². The Bertz CT molecular complexity index is 1530. The van der Waals surface area contributed by atoms with E-state index >= 15 is 0 Å². The number of ether oxygens (including phenoxy) is 1. The molecule has 0 saturated heterocycles. The highest BCUT2D eigenvalue weighted by molar-refractivity contribution is 7.92. The number of aryl methyl sites for hydroxylation is 2. The van der Waals surface area contributed by atoms with E-state index in [9.17, 15) is 13.2 Å².